The molecule has 0 bridgehead atoms. The maximum Gasteiger partial charge on any atom is 0.0803 e. The lowest BCUT2D eigenvalue weighted by atomic mass is 9.88. The summed E-state index contributed by atoms with van der Waals surface area (Å²) in [6.45, 7) is 4.34. The minimum Gasteiger partial charge on any atom is -0.377 e. The van der Waals surface area contributed by atoms with E-state index in [0.29, 0.717) is 6.04 Å². The SMILES string of the molecule is CCC(C)(OC)C(Cc1ccc(I)cc1)NC. The Morgan fingerprint density at radius 1 is 1.35 bits per heavy atom. The molecule has 1 aromatic rings. The van der Waals surface area contributed by atoms with E-state index in [-0.39, 0.29) is 5.60 Å². The van der Waals surface area contributed by atoms with Crippen LogP contribution in [0.3, 0.4) is 0 Å². The molecule has 0 aromatic heterocycles. The van der Waals surface area contributed by atoms with Crippen LogP contribution < -0.4 is 5.32 Å². The first-order chi connectivity index (χ1) is 8.05. The first-order valence-electron chi connectivity index (χ1n) is 6.02. The highest BCUT2D eigenvalue weighted by Gasteiger charge is 2.31. The average molecular weight is 347 g/mol. The number of benzene rings is 1. The molecule has 1 rings (SSSR count). The van der Waals surface area contributed by atoms with Gasteiger partial charge in [-0.05, 0) is 67.1 Å². The van der Waals surface area contributed by atoms with Crippen LogP contribution in [0.5, 0.6) is 0 Å². The van der Waals surface area contributed by atoms with Crippen molar-refractivity contribution in [2.75, 3.05) is 14.2 Å². The number of rotatable bonds is 6. The minimum absolute atomic E-state index is 0.113. The van der Waals surface area contributed by atoms with Crippen LogP contribution in [0.15, 0.2) is 24.3 Å². The molecule has 0 aliphatic carbocycles. The van der Waals surface area contributed by atoms with Crippen LogP contribution in [0.2, 0.25) is 0 Å². The lowest BCUT2D eigenvalue weighted by Crippen LogP contribution is -2.49. The van der Waals surface area contributed by atoms with Gasteiger partial charge >= 0.3 is 0 Å². The van der Waals surface area contributed by atoms with Gasteiger partial charge in [0.25, 0.3) is 0 Å². The molecule has 96 valence electrons. The summed E-state index contributed by atoms with van der Waals surface area (Å²) < 4.78 is 6.95. The monoisotopic (exact) mass is 347 g/mol. The molecule has 0 spiro atoms. The number of halogens is 1. The molecule has 2 atom stereocenters. The van der Waals surface area contributed by atoms with E-state index in [9.17, 15) is 0 Å². The zero-order valence-corrected chi connectivity index (χ0v) is 13.2. The standard InChI is InChI=1S/C14H22INO/c1-5-14(2,17-4)13(16-3)10-11-6-8-12(15)9-7-11/h6-9,13,16H,5,10H2,1-4H3. The first-order valence-corrected chi connectivity index (χ1v) is 7.10. The molecule has 1 N–H and O–H groups in total. The van der Waals surface area contributed by atoms with Crippen molar-refractivity contribution in [1.82, 2.24) is 5.32 Å². The Kier molecular flexibility index (Phi) is 5.89. The van der Waals surface area contributed by atoms with Crippen LogP contribution in [0, 0.1) is 3.57 Å². The molecule has 0 heterocycles. The van der Waals surface area contributed by atoms with Gasteiger partial charge in [-0.2, -0.15) is 0 Å². The van der Waals surface area contributed by atoms with E-state index >= 15 is 0 Å². The van der Waals surface area contributed by atoms with Gasteiger partial charge in [-0.15, -0.1) is 0 Å². The lowest BCUT2D eigenvalue weighted by molar-refractivity contribution is -0.0268. The maximum atomic E-state index is 5.67. The van der Waals surface area contributed by atoms with Crippen molar-refractivity contribution in [3.63, 3.8) is 0 Å². The fourth-order valence-electron chi connectivity index (χ4n) is 2.01. The van der Waals surface area contributed by atoms with Crippen molar-refractivity contribution in [3.05, 3.63) is 33.4 Å². The molecule has 0 fully saturated rings. The Labute approximate surface area is 118 Å². The first kappa shape index (κ1) is 14.9. The zero-order valence-electron chi connectivity index (χ0n) is 11.1. The van der Waals surface area contributed by atoms with Crippen LogP contribution in [0.25, 0.3) is 0 Å². The molecule has 3 heteroatoms. The van der Waals surface area contributed by atoms with Crippen molar-refractivity contribution in [2.24, 2.45) is 0 Å². The van der Waals surface area contributed by atoms with Crippen LogP contribution in [-0.2, 0) is 11.2 Å². The second-order valence-electron chi connectivity index (χ2n) is 4.54. The number of hydrogen-bond donors (Lipinski definition) is 1. The van der Waals surface area contributed by atoms with Gasteiger partial charge in [0.15, 0.2) is 0 Å². The van der Waals surface area contributed by atoms with Gasteiger partial charge in [-0.3, -0.25) is 0 Å². The van der Waals surface area contributed by atoms with Crippen LogP contribution >= 0.6 is 22.6 Å². The summed E-state index contributed by atoms with van der Waals surface area (Å²) in [5, 5.41) is 3.38. The van der Waals surface area contributed by atoms with Gasteiger partial charge in [-0.25, -0.2) is 0 Å². The molecule has 2 nitrogen and oxygen atoms in total. The normalized spacial score (nSPS) is 16.5. The quantitative estimate of drug-likeness (QED) is 0.798. The topological polar surface area (TPSA) is 21.3 Å². The van der Waals surface area contributed by atoms with Crippen LogP contribution in [0.1, 0.15) is 25.8 Å². The number of methoxy groups -OCH3 is 1. The molecule has 1 aromatic carbocycles. The fraction of sp³-hybridized carbons (Fsp3) is 0.571. The highest BCUT2D eigenvalue weighted by molar-refractivity contribution is 14.1. The van der Waals surface area contributed by atoms with E-state index in [1.807, 2.05) is 7.05 Å². The zero-order chi connectivity index (χ0) is 12.9. The average Bonchev–Trinajstić information content (AvgIpc) is 2.37. The number of hydrogen-bond acceptors (Lipinski definition) is 2. The molecule has 2 unspecified atom stereocenters. The molecule has 0 saturated carbocycles. The van der Waals surface area contributed by atoms with Crippen molar-refractivity contribution in [1.29, 1.82) is 0 Å². The minimum atomic E-state index is -0.113. The molecular weight excluding hydrogens is 325 g/mol. The van der Waals surface area contributed by atoms with Crippen molar-refractivity contribution >= 4 is 22.6 Å². The second kappa shape index (κ2) is 6.71. The smallest absolute Gasteiger partial charge is 0.0803 e. The Bertz CT molecular complexity index is 333. The summed E-state index contributed by atoms with van der Waals surface area (Å²) in [6, 6.07) is 9.02. The summed E-state index contributed by atoms with van der Waals surface area (Å²) >= 11 is 2.33. The lowest BCUT2D eigenvalue weighted by Gasteiger charge is -2.35. The fourth-order valence-corrected chi connectivity index (χ4v) is 2.37. The number of ether oxygens (including phenoxy) is 1. The maximum absolute atomic E-state index is 5.67. The summed E-state index contributed by atoms with van der Waals surface area (Å²) in [6.07, 6.45) is 1.99. The third-order valence-electron chi connectivity index (χ3n) is 3.61. The van der Waals surface area contributed by atoms with Gasteiger partial charge < -0.3 is 10.1 Å². The Morgan fingerprint density at radius 3 is 2.35 bits per heavy atom. The number of nitrogens with one attached hydrogen (secondary N) is 1. The van der Waals surface area contributed by atoms with E-state index in [0.717, 1.165) is 12.8 Å². The predicted molar refractivity (Wildman–Crippen MR) is 81.4 cm³/mol. The van der Waals surface area contributed by atoms with Crippen LogP contribution in [-0.4, -0.2) is 25.8 Å². The Morgan fingerprint density at radius 2 is 1.94 bits per heavy atom. The molecule has 0 saturated heterocycles. The summed E-state index contributed by atoms with van der Waals surface area (Å²) in [5.74, 6) is 0. The second-order valence-corrected chi connectivity index (χ2v) is 5.79. The van der Waals surface area contributed by atoms with E-state index in [4.69, 9.17) is 4.74 Å². The third kappa shape index (κ3) is 3.93. The van der Waals surface area contributed by atoms with Crippen molar-refractivity contribution in [3.8, 4) is 0 Å². The Balaban J connectivity index is 2.79. The molecule has 17 heavy (non-hydrogen) atoms. The summed E-state index contributed by atoms with van der Waals surface area (Å²) in [4.78, 5) is 0. The number of likely N-dealkylation sites (N-methyl/N-ethyl adjacent to an activating group) is 1. The largest absolute Gasteiger partial charge is 0.377 e. The third-order valence-corrected chi connectivity index (χ3v) is 4.33. The molecule has 0 radical (unpaired) electrons. The molecule has 0 aliphatic heterocycles. The molecule has 0 amide bonds. The molecular formula is C14H22INO. The predicted octanol–water partition coefficient (Wildman–Crippen LogP) is 3.24. The van der Waals surface area contributed by atoms with Gasteiger partial charge in [0.1, 0.15) is 0 Å². The molecule has 0 aliphatic rings. The van der Waals surface area contributed by atoms with E-state index < -0.39 is 0 Å². The van der Waals surface area contributed by atoms with Gasteiger partial charge in [0.2, 0.25) is 0 Å². The van der Waals surface area contributed by atoms with Gasteiger partial charge in [0, 0.05) is 16.7 Å². The van der Waals surface area contributed by atoms with E-state index in [2.05, 4.69) is 66.0 Å². The van der Waals surface area contributed by atoms with Crippen molar-refractivity contribution < 1.29 is 4.74 Å². The van der Waals surface area contributed by atoms with Crippen LogP contribution in [0.4, 0.5) is 0 Å². The highest BCUT2D eigenvalue weighted by Crippen LogP contribution is 2.22. The van der Waals surface area contributed by atoms with E-state index in [1.54, 1.807) is 7.11 Å². The van der Waals surface area contributed by atoms with Gasteiger partial charge in [-0.1, -0.05) is 19.1 Å². The van der Waals surface area contributed by atoms with Gasteiger partial charge in [0.05, 0.1) is 5.60 Å². The van der Waals surface area contributed by atoms with E-state index in [1.165, 1.54) is 9.13 Å². The Hall–Kier alpha value is -0.130. The summed E-state index contributed by atoms with van der Waals surface area (Å²) in [5.41, 5.74) is 1.24. The highest BCUT2D eigenvalue weighted by atomic mass is 127. The van der Waals surface area contributed by atoms with Crippen molar-refractivity contribution in [2.45, 2.75) is 38.3 Å². The summed E-state index contributed by atoms with van der Waals surface area (Å²) in [7, 11) is 3.80.